The minimum absolute atomic E-state index is 0.0664. The first-order chi connectivity index (χ1) is 14.1. The van der Waals surface area contributed by atoms with E-state index in [2.05, 4.69) is 11.1 Å². The fourth-order valence-electron chi connectivity index (χ4n) is 4.14. The van der Waals surface area contributed by atoms with Crippen LogP contribution >= 0.6 is 11.8 Å². The van der Waals surface area contributed by atoms with E-state index in [4.69, 9.17) is 10.2 Å². The van der Waals surface area contributed by atoms with Crippen molar-refractivity contribution in [2.75, 3.05) is 10.7 Å². The molecular weight excluding hydrogens is 384 g/mol. The van der Waals surface area contributed by atoms with Crippen LogP contribution in [0.3, 0.4) is 0 Å². The van der Waals surface area contributed by atoms with Crippen molar-refractivity contribution < 1.29 is 9.21 Å². The van der Waals surface area contributed by atoms with E-state index in [9.17, 15) is 10.1 Å². The number of carbonyl (C=O) groups is 1. The fraction of sp³-hybridized carbons (Fsp3) is 0.318. The molecule has 0 saturated heterocycles. The number of pyridine rings is 1. The molecule has 2 aromatic heterocycles. The maximum absolute atomic E-state index is 13.1. The molecule has 1 aliphatic heterocycles. The summed E-state index contributed by atoms with van der Waals surface area (Å²) in [5.74, 6) is 1.51. The number of hydrogen-bond donors (Lipinski definition) is 1. The van der Waals surface area contributed by atoms with Gasteiger partial charge in [-0.15, -0.1) is 0 Å². The van der Waals surface area contributed by atoms with Crippen molar-refractivity contribution in [1.82, 2.24) is 4.98 Å². The molecule has 2 aromatic rings. The molecule has 148 valence electrons. The van der Waals surface area contributed by atoms with Gasteiger partial charge in [0.2, 0.25) is 0 Å². The van der Waals surface area contributed by atoms with E-state index < -0.39 is 5.92 Å². The summed E-state index contributed by atoms with van der Waals surface area (Å²) in [5, 5.41) is 10.8. The average molecular weight is 407 g/mol. The van der Waals surface area contributed by atoms with Gasteiger partial charge in [-0.2, -0.15) is 5.26 Å². The Morgan fingerprint density at radius 3 is 2.97 bits per heavy atom. The molecule has 0 fully saturated rings. The Balaban J connectivity index is 1.97. The third-order valence-electron chi connectivity index (χ3n) is 5.25. The summed E-state index contributed by atoms with van der Waals surface area (Å²) < 4.78 is 5.90. The highest BCUT2D eigenvalue weighted by atomic mass is 32.2. The lowest BCUT2D eigenvalue weighted by Crippen LogP contribution is -2.38. The predicted octanol–water partition coefficient (Wildman–Crippen LogP) is 4.40. The van der Waals surface area contributed by atoms with Crippen molar-refractivity contribution in [3.05, 3.63) is 64.6 Å². The summed E-state index contributed by atoms with van der Waals surface area (Å²) in [5.41, 5.74) is 10.0. The summed E-state index contributed by atoms with van der Waals surface area (Å²) in [6, 6.07) is 7.93. The number of anilines is 1. The van der Waals surface area contributed by atoms with E-state index in [-0.39, 0.29) is 5.78 Å². The number of nitriles is 1. The van der Waals surface area contributed by atoms with Gasteiger partial charge in [0.25, 0.3) is 0 Å². The highest BCUT2D eigenvalue weighted by molar-refractivity contribution is 7.99. The zero-order chi connectivity index (χ0) is 20.5. The van der Waals surface area contributed by atoms with Crippen molar-refractivity contribution in [3.63, 3.8) is 0 Å². The molecule has 0 saturated carbocycles. The lowest BCUT2D eigenvalue weighted by Gasteiger charge is -2.39. The molecule has 4 rings (SSSR count). The number of ketones is 1. The van der Waals surface area contributed by atoms with Gasteiger partial charge in [-0.1, -0.05) is 18.7 Å². The van der Waals surface area contributed by atoms with Gasteiger partial charge in [-0.25, -0.2) is 0 Å². The summed E-state index contributed by atoms with van der Waals surface area (Å²) in [6.45, 7) is 3.92. The molecule has 2 aliphatic rings. The third-order valence-corrected chi connectivity index (χ3v) is 6.12. The molecule has 0 aromatic carbocycles. The largest absolute Gasteiger partial charge is 0.455 e. The normalized spacial score (nSPS) is 19.4. The molecule has 1 unspecified atom stereocenters. The number of rotatable bonds is 4. The topological polar surface area (TPSA) is 96.2 Å². The average Bonchev–Trinajstić information content (AvgIpc) is 3.08. The Kier molecular flexibility index (Phi) is 5.20. The Morgan fingerprint density at radius 1 is 1.45 bits per heavy atom. The zero-order valence-corrected chi connectivity index (χ0v) is 17.3. The maximum atomic E-state index is 13.1. The molecule has 0 bridgehead atoms. The second kappa shape index (κ2) is 7.80. The van der Waals surface area contributed by atoms with Crippen LogP contribution in [-0.4, -0.2) is 16.5 Å². The number of Topliss-reactive ketones (excluding diaryl/α,β-unsaturated/α-hetero) is 1. The first-order valence-corrected chi connectivity index (χ1v) is 10.6. The summed E-state index contributed by atoms with van der Waals surface area (Å²) >= 11 is 1.57. The van der Waals surface area contributed by atoms with E-state index in [1.807, 2.05) is 36.9 Å². The standard InChI is InChI=1S/C22H22N4O2S/c1-3-29-22-15(10-13(2)28-22)19-16(11-23)21(24)26(14-6-5-9-25-12-14)17-7-4-8-18(27)20(17)19/h5-6,9-10,12,19H,3-4,7-8,24H2,1-2H3. The van der Waals surface area contributed by atoms with Gasteiger partial charge in [0.05, 0.1) is 29.4 Å². The second-order valence-corrected chi connectivity index (χ2v) is 8.30. The van der Waals surface area contributed by atoms with Crippen molar-refractivity contribution in [3.8, 4) is 6.07 Å². The molecule has 2 N–H and O–H groups in total. The van der Waals surface area contributed by atoms with Gasteiger partial charge >= 0.3 is 0 Å². The Bertz CT molecular complexity index is 1060. The minimum Gasteiger partial charge on any atom is -0.455 e. The Morgan fingerprint density at radius 2 is 2.28 bits per heavy atom. The molecule has 3 heterocycles. The van der Waals surface area contributed by atoms with Gasteiger partial charge in [0, 0.05) is 29.5 Å². The van der Waals surface area contributed by atoms with Crippen molar-refractivity contribution in [1.29, 1.82) is 5.26 Å². The van der Waals surface area contributed by atoms with Crippen LogP contribution in [0.2, 0.25) is 0 Å². The molecule has 0 spiro atoms. The van der Waals surface area contributed by atoms with E-state index in [1.165, 1.54) is 0 Å². The quantitative estimate of drug-likeness (QED) is 0.752. The highest BCUT2D eigenvalue weighted by Crippen LogP contribution is 2.48. The highest BCUT2D eigenvalue weighted by Gasteiger charge is 2.42. The van der Waals surface area contributed by atoms with Gasteiger partial charge in [0.1, 0.15) is 11.6 Å². The van der Waals surface area contributed by atoms with Crippen molar-refractivity contribution in [2.45, 2.75) is 44.1 Å². The number of furan rings is 1. The van der Waals surface area contributed by atoms with Gasteiger partial charge in [0.15, 0.2) is 10.9 Å². The van der Waals surface area contributed by atoms with Gasteiger partial charge < -0.3 is 10.2 Å². The molecule has 29 heavy (non-hydrogen) atoms. The van der Waals surface area contributed by atoms with E-state index in [1.54, 1.807) is 24.2 Å². The Labute approximate surface area is 174 Å². The van der Waals surface area contributed by atoms with E-state index in [0.717, 1.165) is 46.4 Å². The SMILES string of the molecule is CCSc1oc(C)cc1C1C(C#N)=C(N)N(c2cccnc2)C2=C1C(=O)CCC2. The zero-order valence-electron chi connectivity index (χ0n) is 16.4. The van der Waals surface area contributed by atoms with Crippen LogP contribution in [0.4, 0.5) is 5.69 Å². The molecule has 6 nitrogen and oxygen atoms in total. The minimum atomic E-state index is -0.498. The molecule has 0 amide bonds. The molecule has 0 radical (unpaired) electrons. The number of thioether (sulfide) groups is 1. The molecule has 7 heteroatoms. The van der Waals surface area contributed by atoms with Gasteiger partial charge in [-0.3, -0.25) is 14.7 Å². The first kappa shape index (κ1) is 19.3. The maximum Gasteiger partial charge on any atom is 0.164 e. The molecule has 1 aliphatic carbocycles. The van der Waals surface area contributed by atoms with Crippen LogP contribution in [-0.2, 0) is 4.79 Å². The fourth-order valence-corrected chi connectivity index (χ4v) is 4.93. The Hall–Kier alpha value is -2.98. The van der Waals surface area contributed by atoms with Crippen LogP contribution in [0.1, 0.15) is 43.4 Å². The molecule has 1 atom stereocenters. The summed E-state index contributed by atoms with van der Waals surface area (Å²) in [4.78, 5) is 19.1. The number of nitrogens with zero attached hydrogens (tertiary/aromatic N) is 3. The van der Waals surface area contributed by atoms with Gasteiger partial charge in [-0.05, 0) is 43.7 Å². The lowest BCUT2D eigenvalue weighted by atomic mass is 9.76. The van der Waals surface area contributed by atoms with E-state index >= 15 is 0 Å². The lowest BCUT2D eigenvalue weighted by molar-refractivity contribution is -0.116. The van der Waals surface area contributed by atoms with Crippen LogP contribution in [0.15, 0.2) is 62.8 Å². The number of carbonyl (C=O) groups excluding carboxylic acids is 1. The van der Waals surface area contributed by atoms with Crippen LogP contribution in [0.5, 0.6) is 0 Å². The number of nitrogens with two attached hydrogens (primary N) is 1. The van der Waals surface area contributed by atoms with Crippen molar-refractivity contribution in [2.24, 2.45) is 5.73 Å². The number of allylic oxidation sites excluding steroid dienone is 3. The smallest absolute Gasteiger partial charge is 0.164 e. The number of aromatic nitrogens is 1. The summed E-state index contributed by atoms with van der Waals surface area (Å²) in [7, 11) is 0. The van der Waals surface area contributed by atoms with Crippen LogP contribution in [0.25, 0.3) is 0 Å². The van der Waals surface area contributed by atoms with Crippen LogP contribution in [0, 0.1) is 18.3 Å². The van der Waals surface area contributed by atoms with E-state index in [0.29, 0.717) is 23.4 Å². The number of hydrogen-bond acceptors (Lipinski definition) is 7. The second-order valence-electron chi connectivity index (χ2n) is 7.06. The van der Waals surface area contributed by atoms with Crippen LogP contribution < -0.4 is 10.6 Å². The molecular formula is C22H22N4O2S. The van der Waals surface area contributed by atoms with Crippen molar-refractivity contribution >= 4 is 23.2 Å². The third kappa shape index (κ3) is 3.23. The monoisotopic (exact) mass is 406 g/mol. The summed E-state index contributed by atoms with van der Waals surface area (Å²) in [6.07, 6.45) is 5.34. The predicted molar refractivity (Wildman–Crippen MR) is 112 cm³/mol. The number of aryl methyl sites for hydroxylation is 1. The first-order valence-electron chi connectivity index (χ1n) is 9.66.